The van der Waals surface area contributed by atoms with E-state index in [-0.39, 0.29) is 17.5 Å². The molecule has 0 unspecified atom stereocenters. The minimum absolute atomic E-state index is 0.0232. The monoisotopic (exact) mass is 286 g/mol. The average Bonchev–Trinajstić information content (AvgIpc) is 3.15. The van der Waals surface area contributed by atoms with Gasteiger partial charge in [0.25, 0.3) is 5.69 Å². The summed E-state index contributed by atoms with van der Waals surface area (Å²) < 4.78 is 1.60. The first-order chi connectivity index (χ1) is 10.1. The van der Waals surface area contributed by atoms with Crippen molar-refractivity contribution in [2.45, 2.75) is 19.8 Å². The Kier molecular flexibility index (Phi) is 3.17. The number of hydrogen-bond donors (Lipinski definition) is 1. The van der Waals surface area contributed by atoms with E-state index in [0.717, 1.165) is 12.8 Å². The van der Waals surface area contributed by atoms with Crippen LogP contribution in [0.5, 0.6) is 0 Å². The zero-order chi connectivity index (χ0) is 15.0. The van der Waals surface area contributed by atoms with Crippen molar-refractivity contribution in [1.29, 1.82) is 0 Å². The van der Waals surface area contributed by atoms with Crippen LogP contribution in [0.15, 0.2) is 30.6 Å². The number of hydrogen-bond acceptors (Lipinski definition) is 4. The number of amides is 1. The summed E-state index contributed by atoms with van der Waals surface area (Å²) in [6.07, 6.45) is 5.10. The van der Waals surface area contributed by atoms with Crippen molar-refractivity contribution in [1.82, 2.24) is 9.78 Å². The van der Waals surface area contributed by atoms with E-state index < -0.39 is 4.92 Å². The molecule has 2 aromatic rings. The van der Waals surface area contributed by atoms with Gasteiger partial charge in [-0.1, -0.05) is 0 Å². The Labute approximate surface area is 120 Å². The number of nitrogens with zero attached hydrogens (tertiary/aromatic N) is 3. The molecule has 1 aliphatic carbocycles. The third kappa shape index (κ3) is 2.62. The van der Waals surface area contributed by atoms with Gasteiger partial charge in [-0.05, 0) is 31.4 Å². The minimum Gasteiger partial charge on any atom is -0.324 e. The third-order valence-corrected chi connectivity index (χ3v) is 3.44. The summed E-state index contributed by atoms with van der Waals surface area (Å²) in [6.45, 7) is 1.76. The van der Waals surface area contributed by atoms with Crippen LogP contribution in [0, 0.1) is 23.0 Å². The summed E-state index contributed by atoms with van der Waals surface area (Å²) in [5, 5.41) is 17.9. The van der Waals surface area contributed by atoms with E-state index in [1.165, 1.54) is 12.1 Å². The highest BCUT2D eigenvalue weighted by molar-refractivity contribution is 5.96. The van der Waals surface area contributed by atoms with Crippen LogP contribution in [0.2, 0.25) is 0 Å². The van der Waals surface area contributed by atoms with Gasteiger partial charge in [-0.3, -0.25) is 14.9 Å². The molecule has 108 valence electrons. The van der Waals surface area contributed by atoms with Crippen LogP contribution >= 0.6 is 0 Å². The Balaban J connectivity index is 2.07. The number of carbonyl (C=O) groups is 1. The molecule has 1 N–H and O–H groups in total. The van der Waals surface area contributed by atoms with Gasteiger partial charge in [-0.25, -0.2) is 4.68 Å². The second-order valence-electron chi connectivity index (χ2n) is 5.13. The number of nitro benzene ring substituents is 1. The molecule has 1 aromatic heterocycles. The van der Waals surface area contributed by atoms with E-state index in [0.29, 0.717) is 16.9 Å². The largest absolute Gasteiger partial charge is 0.324 e. The molecule has 0 aliphatic heterocycles. The smallest absolute Gasteiger partial charge is 0.271 e. The summed E-state index contributed by atoms with van der Waals surface area (Å²) in [5.74, 6) is -0.0710. The Morgan fingerprint density at radius 1 is 1.48 bits per heavy atom. The Morgan fingerprint density at radius 3 is 2.81 bits per heavy atom. The number of nitro groups is 1. The highest BCUT2D eigenvalue weighted by Crippen LogP contribution is 2.33. The zero-order valence-electron chi connectivity index (χ0n) is 11.4. The van der Waals surface area contributed by atoms with Crippen molar-refractivity contribution in [2.24, 2.45) is 5.92 Å². The molecule has 1 amide bonds. The first-order valence-electron chi connectivity index (χ1n) is 6.66. The fraction of sp³-hybridized carbons (Fsp3) is 0.286. The normalized spacial score (nSPS) is 14.0. The molecule has 21 heavy (non-hydrogen) atoms. The number of non-ortho nitro benzene ring substituents is 1. The topological polar surface area (TPSA) is 90.1 Å². The maximum absolute atomic E-state index is 12.0. The van der Waals surface area contributed by atoms with E-state index in [1.54, 1.807) is 30.1 Å². The van der Waals surface area contributed by atoms with Gasteiger partial charge in [0.1, 0.15) is 0 Å². The molecule has 1 heterocycles. The van der Waals surface area contributed by atoms with Gasteiger partial charge in [-0.2, -0.15) is 5.10 Å². The van der Waals surface area contributed by atoms with Gasteiger partial charge in [0, 0.05) is 30.4 Å². The second kappa shape index (κ2) is 5.01. The number of nitrogens with one attached hydrogen (secondary N) is 1. The highest BCUT2D eigenvalue weighted by Gasteiger charge is 2.30. The van der Waals surface area contributed by atoms with E-state index in [1.807, 2.05) is 0 Å². The third-order valence-electron chi connectivity index (χ3n) is 3.44. The maximum Gasteiger partial charge on any atom is 0.271 e. The molecule has 0 radical (unpaired) electrons. The molecule has 1 fully saturated rings. The van der Waals surface area contributed by atoms with Gasteiger partial charge < -0.3 is 5.32 Å². The van der Waals surface area contributed by atoms with Gasteiger partial charge in [-0.15, -0.1) is 0 Å². The molecule has 1 aromatic carbocycles. The lowest BCUT2D eigenvalue weighted by Gasteiger charge is -2.13. The fourth-order valence-corrected chi connectivity index (χ4v) is 2.25. The number of aryl methyl sites for hydroxylation is 1. The highest BCUT2D eigenvalue weighted by atomic mass is 16.6. The Bertz CT molecular complexity index is 705. The molecule has 1 saturated carbocycles. The van der Waals surface area contributed by atoms with E-state index in [4.69, 9.17) is 0 Å². The van der Waals surface area contributed by atoms with E-state index >= 15 is 0 Å². The summed E-state index contributed by atoms with van der Waals surface area (Å²) in [5.41, 5.74) is 1.70. The lowest BCUT2D eigenvalue weighted by molar-refractivity contribution is -0.384. The summed E-state index contributed by atoms with van der Waals surface area (Å²) in [6, 6.07) is 4.61. The average molecular weight is 286 g/mol. The van der Waals surface area contributed by atoms with Crippen LogP contribution in [0.3, 0.4) is 0 Å². The van der Waals surface area contributed by atoms with Gasteiger partial charge in [0.2, 0.25) is 5.91 Å². The molecule has 0 atom stereocenters. The first kappa shape index (κ1) is 13.3. The predicted octanol–water partition coefficient (Wildman–Crippen LogP) is 2.44. The molecular weight excluding hydrogens is 272 g/mol. The van der Waals surface area contributed by atoms with Crippen molar-refractivity contribution in [3.05, 3.63) is 46.3 Å². The van der Waals surface area contributed by atoms with Crippen molar-refractivity contribution in [2.75, 3.05) is 5.32 Å². The Morgan fingerprint density at radius 2 is 2.24 bits per heavy atom. The number of anilines is 1. The summed E-state index contributed by atoms with van der Waals surface area (Å²) >= 11 is 0. The molecule has 0 bridgehead atoms. The fourth-order valence-electron chi connectivity index (χ4n) is 2.25. The van der Waals surface area contributed by atoms with Crippen molar-refractivity contribution < 1.29 is 9.72 Å². The maximum atomic E-state index is 12.0. The molecule has 7 heteroatoms. The molecule has 1 aliphatic rings. The van der Waals surface area contributed by atoms with Crippen molar-refractivity contribution >= 4 is 17.3 Å². The standard InChI is InChI=1S/C14H14N4O3/c1-9-7-11(18(20)21)8-12(16-14(19)10-3-4-10)13(9)17-6-2-5-15-17/h2,5-8,10H,3-4H2,1H3,(H,16,19). The van der Waals surface area contributed by atoms with Crippen molar-refractivity contribution in [3.63, 3.8) is 0 Å². The van der Waals surface area contributed by atoms with Crippen LogP contribution in [0.4, 0.5) is 11.4 Å². The van der Waals surface area contributed by atoms with E-state index in [2.05, 4.69) is 10.4 Å². The second-order valence-corrected chi connectivity index (χ2v) is 5.13. The summed E-state index contributed by atoms with van der Waals surface area (Å²) in [4.78, 5) is 22.5. The van der Waals surface area contributed by atoms with Crippen LogP contribution in [-0.4, -0.2) is 20.6 Å². The molecule has 0 spiro atoms. The molecule has 0 saturated heterocycles. The van der Waals surface area contributed by atoms with Crippen LogP contribution in [0.25, 0.3) is 5.69 Å². The Hall–Kier alpha value is -2.70. The van der Waals surface area contributed by atoms with Gasteiger partial charge >= 0.3 is 0 Å². The lowest BCUT2D eigenvalue weighted by Crippen LogP contribution is -2.16. The van der Waals surface area contributed by atoms with Gasteiger partial charge in [0.15, 0.2) is 0 Å². The lowest BCUT2D eigenvalue weighted by atomic mass is 10.1. The molecular formula is C14H14N4O3. The van der Waals surface area contributed by atoms with Crippen molar-refractivity contribution in [3.8, 4) is 5.69 Å². The van der Waals surface area contributed by atoms with Gasteiger partial charge in [0.05, 0.1) is 16.3 Å². The molecule has 7 nitrogen and oxygen atoms in total. The minimum atomic E-state index is -0.466. The molecule has 3 rings (SSSR count). The number of benzene rings is 1. The van der Waals surface area contributed by atoms with Crippen LogP contribution in [-0.2, 0) is 4.79 Å². The van der Waals surface area contributed by atoms with E-state index in [9.17, 15) is 14.9 Å². The van der Waals surface area contributed by atoms with Crippen LogP contribution in [0.1, 0.15) is 18.4 Å². The van der Waals surface area contributed by atoms with Crippen LogP contribution < -0.4 is 5.32 Å². The quantitative estimate of drug-likeness (QED) is 0.690. The summed E-state index contributed by atoms with van der Waals surface area (Å²) in [7, 11) is 0. The number of aromatic nitrogens is 2. The number of rotatable bonds is 4. The predicted molar refractivity (Wildman–Crippen MR) is 76.3 cm³/mol. The SMILES string of the molecule is Cc1cc([N+](=O)[O-])cc(NC(=O)C2CC2)c1-n1cccn1. The first-order valence-corrected chi connectivity index (χ1v) is 6.66. The zero-order valence-corrected chi connectivity index (χ0v) is 11.4. The number of carbonyl (C=O) groups excluding carboxylic acids is 1.